The van der Waals surface area contributed by atoms with Crippen molar-refractivity contribution in [2.24, 2.45) is 0 Å². The molecule has 0 atom stereocenters. The minimum absolute atomic E-state index is 0.203. The fourth-order valence-electron chi connectivity index (χ4n) is 2.03. The molecule has 0 aliphatic carbocycles. The van der Waals surface area contributed by atoms with E-state index in [1.807, 2.05) is 18.2 Å². The van der Waals surface area contributed by atoms with Crippen LogP contribution in [0.2, 0.25) is 0 Å². The van der Waals surface area contributed by atoms with Gasteiger partial charge in [-0.15, -0.1) is 0 Å². The SMILES string of the molecule is CCOC(=O)C(=O)N(C)Cc1ccc2c(c1)CCO2. The van der Waals surface area contributed by atoms with Gasteiger partial charge in [0.15, 0.2) is 0 Å². The molecule has 19 heavy (non-hydrogen) atoms. The first-order valence-electron chi connectivity index (χ1n) is 6.28. The second-order valence-corrected chi connectivity index (χ2v) is 4.42. The fraction of sp³-hybridized carbons (Fsp3) is 0.429. The van der Waals surface area contributed by atoms with Crippen LogP contribution in [0.5, 0.6) is 5.75 Å². The highest BCUT2D eigenvalue weighted by Gasteiger charge is 2.20. The van der Waals surface area contributed by atoms with Crippen LogP contribution >= 0.6 is 0 Å². The van der Waals surface area contributed by atoms with Gasteiger partial charge in [-0.3, -0.25) is 4.79 Å². The number of carbonyl (C=O) groups excluding carboxylic acids is 2. The lowest BCUT2D eigenvalue weighted by Gasteiger charge is -2.16. The summed E-state index contributed by atoms with van der Waals surface area (Å²) in [6, 6.07) is 5.82. The summed E-state index contributed by atoms with van der Waals surface area (Å²) in [7, 11) is 1.59. The van der Waals surface area contributed by atoms with E-state index in [1.54, 1.807) is 14.0 Å². The molecular formula is C14H17NO4. The number of hydrogen-bond acceptors (Lipinski definition) is 4. The Bertz CT molecular complexity index is 498. The number of benzene rings is 1. The van der Waals surface area contributed by atoms with Gasteiger partial charge in [-0.05, 0) is 24.1 Å². The van der Waals surface area contributed by atoms with Gasteiger partial charge in [0.05, 0.1) is 13.2 Å². The summed E-state index contributed by atoms with van der Waals surface area (Å²) in [6.07, 6.45) is 0.888. The highest BCUT2D eigenvalue weighted by atomic mass is 16.5. The van der Waals surface area contributed by atoms with E-state index < -0.39 is 11.9 Å². The van der Waals surface area contributed by atoms with Crippen molar-refractivity contribution < 1.29 is 19.1 Å². The van der Waals surface area contributed by atoms with Crippen LogP contribution in [-0.4, -0.2) is 37.0 Å². The first kappa shape index (κ1) is 13.4. The van der Waals surface area contributed by atoms with Crippen LogP contribution in [0.25, 0.3) is 0 Å². The second-order valence-electron chi connectivity index (χ2n) is 4.42. The van der Waals surface area contributed by atoms with E-state index in [1.165, 1.54) is 4.90 Å². The number of amides is 1. The molecule has 1 aliphatic rings. The van der Waals surface area contributed by atoms with E-state index in [4.69, 9.17) is 4.74 Å². The topological polar surface area (TPSA) is 55.8 Å². The van der Waals surface area contributed by atoms with Crippen molar-refractivity contribution in [1.82, 2.24) is 4.90 Å². The molecule has 1 aromatic carbocycles. The molecule has 102 valence electrons. The van der Waals surface area contributed by atoms with Gasteiger partial charge in [0.1, 0.15) is 5.75 Å². The van der Waals surface area contributed by atoms with E-state index in [0.29, 0.717) is 13.2 Å². The molecule has 5 nitrogen and oxygen atoms in total. The average molecular weight is 263 g/mol. The van der Waals surface area contributed by atoms with Crippen molar-refractivity contribution in [1.29, 1.82) is 0 Å². The van der Waals surface area contributed by atoms with Gasteiger partial charge in [-0.1, -0.05) is 12.1 Å². The normalized spacial score (nSPS) is 12.5. The molecule has 1 aromatic rings. The zero-order valence-corrected chi connectivity index (χ0v) is 11.1. The van der Waals surface area contributed by atoms with Gasteiger partial charge in [0.2, 0.25) is 0 Å². The Labute approximate surface area is 112 Å². The van der Waals surface area contributed by atoms with Gasteiger partial charge in [0, 0.05) is 20.0 Å². The lowest BCUT2D eigenvalue weighted by atomic mass is 10.1. The van der Waals surface area contributed by atoms with Crippen LogP contribution in [0.4, 0.5) is 0 Å². The number of carbonyl (C=O) groups is 2. The first-order valence-corrected chi connectivity index (χ1v) is 6.28. The summed E-state index contributed by atoms with van der Waals surface area (Å²) in [6.45, 7) is 2.96. The van der Waals surface area contributed by atoms with Crippen LogP contribution in [-0.2, 0) is 27.3 Å². The standard InChI is InChI=1S/C14H17NO4/c1-3-18-14(17)13(16)15(2)9-10-4-5-12-11(8-10)6-7-19-12/h4-5,8H,3,6-7,9H2,1-2H3. The number of likely N-dealkylation sites (N-methyl/N-ethyl adjacent to an activating group) is 1. The second kappa shape index (κ2) is 5.73. The van der Waals surface area contributed by atoms with Crippen molar-refractivity contribution >= 4 is 11.9 Å². The lowest BCUT2D eigenvalue weighted by molar-refractivity contribution is -0.159. The number of fused-ring (bicyclic) bond motifs is 1. The van der Waals surface area contributed by atoms with Gasteiger partial charge in [-0.25, -0.2) is 4.79 Å². The smallest absolute Gasteiger partial charge is 0.397 e. The molecule has 0 N–H and O–H groups in total. The Morgan fingerprint density at radius 3 is 2.95 bits per heavy atom. The minimum atomic E-state index is -0.811. The maximum atomic E-state index is 11.7. The first-order chi connectivity index (χ1) is 9.11. The van der Waals surface area contributed by atoms with Crippen LogP contribution < -0.4 is 4.74 Å². The predicted molar refractivity (Wildman–Crippen MR) is 68.7 cm³/mol. The third-order valence-corrected chi connectivity index (χ3v) is 2.97. The summed E-state index contributed by atoms with van der Waals surface area (Å²) in [5.41, 5.74) is 2.12. The number of ether oxygens (including phenoxy) is 2. The van der Waals surface area contributed by atoms with Gasteiger partial charge < -0.3 is 14.4 Å². The Kier molecular flexibility index (Phi) is 4.04. The fourth-order valence-corrected chi connectivity index (χ4v) is 2.03. The number of nitrogens with zero attached hydrogens (tertiary/aromatic N) is 1. The van der Waals surface area contributed by atoms with Gasteiger partial charge in [-0.2, -0.15) is 0 Å². The number of hydrogen-bond donors (Lipinski definition) is 0. The van der Waals surface area contributed by atoms with Gasteiger partial charge >= 0.3 is 11.9 Å². The Balaban J connectivity index is 2.00. The van der Waals surface area contributed by atoms with Crippen molar-refractivity contribution in [2.75, 3.05) is 20.3 Å². The molecule has 0 bridgehead atoms. The maximum absolute atomic E-state index is 11.7. The third-order valence-electron chi connectivity index (χ3n) is 2.97. The molecule has 0 saturated heterocycles. The molecule has 1 heterocycles. The molecule has 0 fully saturated rings. The maximum Gasteiger partial charge on any atom is 0.397 e. The predicted octanol–water partition coefficient (Wildman–Crippen LogP) is 1.14. The Hall–Kier alpha value is -2.04. The molecule has 0 spiro atoms. The van der Waals surface area contributed by atoms with Crippen LogP contribution in [0.15, 0.2) is 18.2 Å². The highest BCUT2D eigenvalue weighted by molar-refractivity contribution is 6.32. The molecule has 0 saturated carbocycles. The monoisotopic (exact) mass is 263 g/mol. The Morgan fingerprint density at radius 2 is 2.21 bits per heavy atom. The van der Waals surface area contributed by atoms with E-state index in [9.17, 15) is 9.59 Å². The van der Waals surface area contributed by atoms with E-state index in [2.05, 4.69) is 4.74 Å². The van der Waals surface area contributed by atoms with Crippen molar-refractivity contribution in [3.05, 3.63) is 29.3 Å². The average Bonchev–Trinajstić information content (AvgIpc) is 2.85. The molecule has 0 radical (unpaired) electrons. The lowest BCUT2D eigenvalue weighted by Crippen LogP contribution is -2.34. The molecule has 0 aromatic heterocycles. The van der Waals surface area contributed by atoms with E-state index in [-0.39, 0.29) is 6.61 Å². The van der Waals surface area contributed by atoms with E-state index in [0.717, 1.165) is 23.3 Å². The summed E-state index contributed by atoms with van der Waals surface area (Å²) in [5, 5.41) is 0. The Morgan fingerprint density at radius 1 is 1.42 bits per heavy atom. The van der Waals surface area contributed by atoms with Crippen molar-refractivity contribution in [2.45, 2.75) is 19.9 Å². The van der Waals surface area contributed by atoms with E-state index >= 15 is 0 Å². The molecule has 2 rings (SSSR count). The third kappa shape index (κ3) is 3.05. The largest absolute Gasteiger partial charge is 0.493 e. The molecular weight excluding hydrogens is 246 g/mol. The van der Waals surface area contributed by atoms with Gasteiger partial charge in [0.25, 0.3) is 0 Å². The zero-order chi connectivity index (χ0) is 13.8. The molecule has 0 unspecified atom stereocenters. The zero-order valence-electron chi connectivity index (χ0n) is 11.1. The van der Waals surface area contributed by atoms with Crippen molar-refractivity contribution in [3.8, 4) is 5.75 Å². The van der Waals surface area contributed by atoms with Crippen LogP contribution in [0, 0.1) is 0 Å². The molecule has 1 amide bonds. The summed E-state index contributed by atoms with van der Waals surface area (Å²) < 4.78 is 10.1. The summed E-state index contributed by atoms with van der Waals surface area (Å²) in [5.74, 6) is -0.531. The quantitative estimate of drug-likeness (QED) is 0.606. The van der Waals surface area contributed by atoms with Crippen LogP contribution in [0.1, 0.15) is 18.1 Å². The molecule has 5 heteroatoms. The summed E-state index contributed by atoms with van der Waals surface area (Å²) >= 11 is 0. The number of rotatable bonds is 3. The number of esters is 1. The van der Waals surface area contributed by atoms with Crippen molar-refractivity contribution in [3.63, 3.8) is 0 Å². The minimum Gasteiger partial charge on any atom is -0.493 e. The summed E-state index contributed by atoms with van der Waals surface area (Å²) in [4.78, 5) is 24.4. The molecule has 1 aliphatic heterocycles. The van der Waals surface area contributed by atoms with Crippen LogP contribution in [0.3, 0.4) is 0 Å². The highest BCUT2D eigenvalue weighted by Crippen LogP contribution is 2.26.